The van der Waals surface area contributed by atoms with E-state index in [0.717, 1.165) is 84.7 Å². The van der Waals surface area contributed by atoms with Gasteiger partial charge >= 0.3 is 0 Å². The minimum Gasteiger partial charge on any atom is -0.309 e. The molecule has 9 aromatic rings. The molecule has 1 aliphatic heterocycles. The number of rotatable bonds is 5. The van der Waals surface area contributed by atoms with Gasteiger partial charge in [0.05, 0.1) is 44.6 Å². The minimum absolute atomic E-state index is 0.351. The molecule has 6 aromatic carbocycles. The van der Waals surface area contributed by atoms with Crippen molar-refractivity contribution in [1.82, 2.24) is 19.1 Å². The molecule has 1 aliphatic carbocycles. The van der Waals surface area contributed by atoms with Crippen LogP contribution in [0.2, 0.25) is 0 Å². The molecule has 0 saturated carbocycles. The van der Waals surface area contributed by atoms with Gasteiger partial charge in [0.15, 0.2) is 5.82 Å². The second-order valence-corrected chi connectivity index (χ2v) is 14.0. The molecule has 0 saturated heterocycles. The minimum atomic E-state index is -0.355. The van der Waals surface area contributed by atoms with Crippen molar-refractivity contribution in [3.8, 4) is 28.3 Å². The van der Waals surface area contributed by atoms with Crippen molar-refractivity contribution in [3.63, 3.8) is 0 Å². The number of hydrogen-bond donors (Lipinski definition) is 0. The summed E-state index contributed by atoms with van der Waals surface area (Å²) in [4.78, 5) is 41.2. The molecule has 2 aliphatic rings. The summed E-state index contributed by atoms with van der Waals surface area (Å²) in [5.41, 5.74) is 9.23. The van der Waals surface area contributed by atoms with Crippen LogP contribution in [0.1, 0.15) is 33.6 Å². The molecule has 4 heterocycles. The molecule has 0 N–H and O–H groups in total. The number of carbonyl (C=O) groups is 2. The van der Waals surface area contributed by atoms with E-state index in [0.29, 0.717) is 22.6 Å². The average molecular weight is 710 g/mol. The van der Waals surface area contributed by atoms with E-state index in [4.69, 9.17) is 4.98 Å². The highest BCUT2D eigenvalue weighted by Gasteiger charge is 2.43. The van der Waals surface area contributed by atoms with Gasteiger partial charge in [-0.25, -0.2) is 14.9 Å². The van der Waals surface area contributed by atoms with Crippen molar-refractivity contribution in [3.05, 3.63) is 175 Å². The fraction of sp³-hybridized carbons (Fsp3) is 0.0417. The van der Waals surface area contributed by atoms with E-state index >= 15 is 9.59 Å². The number of allylic oxidation sites excluding steroid dienone is 4. The maximum atomic E-state index is 15.2. The Morgan fingerprint density at radius 3 is 1.78 bits per heavy atom. The van der Waals surface area contributed by atoms with Gasteiger partial charge in [0, 0.05) is 50.3 Å². The molecule has 260 valence electrons. The van der Waals surface area contributed by atoms with Gasteiger partial charge < -0.3 is 9.13 Å². The van der Waals surface area contributed by atoms with E-state index in [2.05, 4.69) is 68.7 Å². The Balaban J connectivity index is 1.18. The highest BCUT2D eigenvalue weighted by molar-refractivity contribution is 6.45. The Morgan fingerprint density at radius 2 is 1.13 bits per heavy atom. The van der Waals surface area contributed by atoms with Crippen LogP contribution in [0.3, 0.4) is 0 Å². The number of carbonyl (C=O) groups excluding carboxylic acids is 2. The Hall–Kier alpha value is -7.38. The van der Waals surface area contributed by atoms with Crippen molar-refractivity contribution < 1.29 is 9.59 Å². The monoisotopic (exact) mass is 709 g/mol. The Morgan fingerprint density at radius 1 is 0.527 bits per heavy atom. The lowest BCUT2D eigenvalue weighted by atomic mass is 9.97. The molecule has 0 atom stereocenters. The molecule has 7 heteroatoms. The fourth-order valence-electron chi connectivity index (χ4n) is 8.57. The Labute approximate surface area is 315 Å². The third kappa shape index (κ3) is 4.56. The van der Waals surface area contributed by atoms with Gasteiger partial charge in [-0.3, -0.25) is 9.59 Å². The van der Waals surface area contributed by atoms with Gasteiger partial charge in [0.2, 0.25) is 0 Å². The molecule has 55 heavy (non-hydrogen) atoms. The Bertz CT molecular complexity index is 3120. The highest BCUT2D eigenvalue weighted by atomic mass is 16.2. The lowest BCUT2D eigenvalue weighted by molar-refractivity contribution is 0.0927. The van der Waals surface area contributed by atoms with Gasteiger partial charge in [-0.1, -0.05) is 97.1 Å². The molecule has 3 aromatic heterocycles. The van der Waals surface area contributed by atoms with Gasteiger partial charge in [-0.2, -0.15) is 0 Å². The summed E-state index contributed by atoms with van der Waals surface area (Å²) in [5, 5.41) is 3.97. The molecule has 0 spiro atoms. The summed E-state index contributed by atoms with van der Waals surface area (Å²) >= 11 is 0. The molecule has 2 amide bonds. The first-order chi connectivity index (χ1) is 27.2. The van der Waals surface area contributed by atoms with Gasteiger partial charge in [0.25, 0.3) is 11.8 Å². The molecule has 0 unspecified atom stereocenters. The van der Waals surface area contributed by atoms with Crippen LogP contribution in [0.4, 0.5) is 5.69 Å². The number of amides is 2. The van der Waals surface area contributed by atoms with Crippen LogP contribution in [-0.2, 0) is 0 Å². The predicted octanol–water partition coefficient (Wildman–Crippen LogP) is 11.0. The number of benzene rings is 6. The summed E-state index contributed by atoms with van der Waals surface area (Å²) in [6, 6.07) is 46.0. The number of aromatic nitrogens is 4. The number of imide groups is 1. The summed E-state index contributed by atoms with van der Waals surface area (Å²) in [6.07, 6.45) is 10.1. The summed E-state index contributed by atoms with van der Waals surface area (Å²) in [6.45, 7) is 0. The number of hydrogen-bond acceptors (Lipinski definition) is 4. The molecule has 11 rings (SSSR count). The average Bonchev–Trinajstić information content (AvgIpc) is 3.86. The zero-order valence-electron chi connectivity index (χ0n) is 29.6. The van der Waals surface area contributed by atoms with Crippen LogP contribution in [0, 0.1) is 0 Å². The molecular formula is C48H31N5O2. The SMILES string of the molecule is O=C1c2c(c3c(c4ccccc4n3-c3ccccc3)c3c4ccccc4n(C4=CCCC=C4)c23)C(=O)N1c1ccc(-c2nccc(-c3ccccc3)n2)cc1. The zero-order valence-corrected chi connectivity index (χ0v) is 29.6. The summed E-state index contributed by atoms with van der Waals surface area (Å²) in [5.74, 6) is -0.146. The first kappa shape index (κ1) is 31.2. The third-order valence-corrected chi connectivity index (χ3v) is 10.9. The molecule has 0 bridgehead atoms. The molecule has 0 fully saturated rings. The zero-order chi connectivity index (χ0) is 36.6. The molecule has 7 nitrogen and oxygen atoms in total. The number of anilines is 1. The maximum absolute atomic E-state index is 15.2. The fourth-order valence-corrected chi connectivity index (χ4v) is 8.57. The van der Waals surface area contributed by atoms with Crippen LogP contribution < -0.4 is 4.90 Å². The van der Waals surface area contributed by atoms with Gasteiger partial charge in [-0.05, 0) is 73.5 Å². The number of para-hydroxylation sites is 3. The van der Waals surface area contributed by atoms with Crippen molar-refractivity contribution >= 4 is 66.8 Å². The van der Waals surface area contributed by atoms with Crippen molar-refractivity contribution in [1.29, 1.82) is 0 Å². The maximum Gasteiger partial charge on any atom is 0.268 e. The van der Waals surface area contributed by atoms with Gasteiger partial charge in [0.1, 0.15) is 0 Å². The standard InChI is InChI=1S/C48H31N5O2/c54-47-42-43(48(55)53(47)34-26-24-31(25-27-34)46-49-29-28-37(50-46)30-14-4-1-5-15-30)45-41(36-21-11-13-23-39(36)52(45)33-18-8-3-9-19-33)40-35-20-10-12-22-38(35)51(44(40)42)32-16-6-2-7-17-32/h1-2,4-8,10-29H,3,9H2. The lowest BCUT2D eigenvalue weighted by Gasteiger charge is -2.15. The van der Waals surface area contributed by atoms with E-state index in [1.165, 1.54) is 4.90 Å². The highest BCUT2D eigenvalue weighted by Crippen LogP contribution is 2.49. The Kier molecular flexibility index (Phi) is 6.85. The quantitative estimate of drug-likeness (QED) is 0.167. The predicted molar refractivity (Wildman–Crippen MR) is 220 cm³/mol. The topological polar surface area (TPSA) is 73.0 Å². The molecular weight excluding hydrogens is 679 g/mol. The van der Waals surface area contributed by atoms with E-state index in [1.54, 1.807) is 6.20 Å². The van der Waals surface area contributed by atoms with Crippen LogP contribution in [0.5, 0.6) is 0 Å². The second-order valence-electron chi connectivity index (χ2n) is 14.0. The van der Waals surface area contributed by atoms with Crippen LogP contribution in [0.15, 0.2) is 164 Å². The van der Waals surface area contributed by atoms with Crippen molar-refractivity contribution in [2.75, 3.05) is 4.90 Å². The van der Waals surface area contributed by atoms with Crippen molar-refractivity contribution in [2.24, 2.45) is 0 Å². The smallest absolute Gasteiger partial charge is 0.268 e. The summed E-state index contributed by atoms with van der Waals surface area (Å²) in [7, 11) is 0. The summed E-state index contributed by atoms with van der Waals surface area (Å²) < 4.78 is 4.35. The van der Waals surface area contributed by atoms with Crippen LogP contribution in [0.25, 0.3) is 77.6 Å². The van der Waals surface area contributed by atoms with E-state index in [1.807, 2.05) is 103 Å². The van der Waals surface area contributed by atoms with E-state index in [9.17, 15) is 0 Å². The van der Waals surface area contributed by atoms with Crippen LogP contribution in [-0.4, -0.2) is 30.9 Å². The first-order valence-corrected chi connectivity index (χ1v) is 18.5. The van der Waals surface area contributed by atoms with Crippen LogP contribution >= 0.6 is 0 Å². The third-order valence-electron chi connectivity index (χ3n) is 10.9. The number of nitrogens with zero attached hydrogens (tertiary/aromatic N) is 5. The largest absolute Gasteiger partial charge is 0.309 e. The van der Waals surface area contributed by atoms with Crippen molar-refractivity contribution in [2.45, 2.75) is 12.8 Å². The lowest BCUT2D eigenvalue weighted by Crippen LogP contribution is -2.29. The van der Waals surface area contributed by atoms with Gasteiger partial charge in [-0.15, -0.1) is 0 Å². The second kappa shape index (κ2) is 12.1. The number of fused-ring (bicyclic) bond motifs is 10. The molecule has 0 radical (unpaired) electrons. The normalized spacial score (nSPS) is 14.1. The van der Waals surface area contributed by atoms with E-state index < -0.39 is 0 Å². The first-order valence-electron chi connectivity index (χ1n) is 18.5. The van der Waals surface area contributed by atoms with E-state index in [-0.39, 0.29) is 11.8 Å².